The zero-order chi connectivity index (χ0) is 14.1. The van der Waals surface area contributed by atoms with Crippen molar-refractivity contribution in [3.05, 3.63) is 22.6 Å². The lowest BCUT2D eigenvalue weighted by atomic mass is 10.2. The van der Waals surface area contributed by atoms with Gasteiger partial charge in [-0.1, -0.05) is 0 Å². The number of amides is 1. The zero-order valence-corrected chi connectivity index (χ0v) is 14.1. The van der Waals surface area contributed by atoms with E-state index in [0.29, 0.717) is 29.4 Å². The number of rotatable bonds is 4. The van der Waals surface area contributed by atoms with E-state index in [1.807, 2.05) is 4.90 Å². The minimum atomic E-state index is -0.196. The molecule has 0 bridgehead atoms. The van der Waals surface area contributed by atoms with Crippen LogP contribution < -0.4 is 0 Å². The number of aliphatic hydroxyl groups is 1. The Labute approximate surface area is 138 Å². The second-order valence-electron chi connectivity index (χ2n) is 5.60. The van der Waals surface area contributed by atoms with Crippen molar-refractivity contribution in [1.82, 2.24) is 9.80 Å². The van der Waals surface area contributed by atoms with E-state index in [2.05, 4.69) is 20.8 Å². The largest absolute Gasteiger partial charge is 0.444 e. The molecule has 1 aliphatic carbocycles. The number of hydrogen-bond acceptors (Lipinski definition) is 4. The zero-order valence-electron chi connectivity index (χ0n) is 11.7. The van der Waals surface area contributed by atoms with Gasteiger partial charge in [-0.15, -0.1) is 12.4 Å². The van der Waals surface area contributed by atoms with Gasteiger partial charge in [-0.3, -0.25) is 9.69 Å². The lowest BCUT2D eigenvalue weighted by Gasteiger charge is -2.35. The highest BCUT2D eigenvalue weighted by molar-refractivity contribution is 9.10. The van der Waals surface area contributed by atoms with E-state index in [-0.39, 0.29) is 24.4 Å². The average Bonchev–Trinajstić information content (AvgIpc) is 3.21. The van der Waals surface area contributed by atoms with Crippen molar-refractivity contribution in [2.24, 2.45) is 5.92 Å². The van der Waals surface area contributed by atoms with Crippen LogP contribution in [0.2, 0.25) is 0 Å². The molecule has 1 atom stereocenters. The standard InChI is InChI=1S/C14H19BrN2O3.ClH/c15-13-4-3-12(20-13)14(19)17-7-5-16(6-8-17)9-11(18)10-1-2-10;/h3-4,10-11,18H,1-2,5-9H2;1H. The molecule has 1 saturated carbocycles. The molecule has 5 nitrogen and oxygen atoms in total. The molecule has 1 aromatic heterocycles. The molecule has 118 valence electrons. The normalized spacial score (nSPS) is 21.0. The van der Waals surface area contributed by atoms with Crippen LogP contribution in [-0.4, -0.2) is 59.6 Å². The van der Waals surface area contributed by atoms with Crippen LogP contribution in [-0.2, 0) is 0 Å². The summed E-state index contributed by atoms with van der Waals surface area (Å²) in [6, 6.07) is 3.42. The highest BCUT2D eigenvalue weighted by Gasteiger charge is 2.32. The number of aliphatic hydroxyl groups excluding tert-OH is 1. The maximum atomic E-state index is 12.2. The summed E-state index contributed by atoms with van der Waals surface area (Å²) in [5, 5.41) is 9.95. The van der Waals surface area contributed by atoms with Crippen LogP contribution in [0.4, 0.5) is 0 Å². The first kappa shape index (κ1) is 16.8. The van der Waals surface area contributed by atoms with E-state index in [9.17, 15) is 9.90 Å². The minimum absolute atomic E-state index is 0. The number of piperazine rings is 1. The Morgan fingerprint density at radius 1 is 1.33 bits per heavy atom. The maximum absolute atomic E-state index is 12.2. The van der Waals surface area contributed by atoms with Crippen molar-refractivity contribution >= 4 is 34.2 Å². The summed E-state index contributed by atoms with van der Waals surface area (Å²) in [4.78, 5) is 16.3. The number of nitrogens with zero attached hydrogens (tertiary/aromatic N) is 2. The first-order valence-electron chi connectivity index (χ1n) is 7.08. The molecule has 7 heteroatoms. The maximum Gasteiger partial charge on any atom is 0.289 e. The predicted molar refractivity (Wildman–Crippen MR) is 84.7 cm³/mol. The first-order chi connectivity index (χ1) is 9.63. The summed E-state index contributed by atoms with van der Waals surface area (Å²) in [7, 11) is 0. The van der Waals surface area contributed by atoms with Crippen molar-refractivity contribution in [2.75, 3.05) is 32.7 Å². The lowest BCUT2D eigenvalue weighted by Crippen LogP contribution is -2.50. The molecule has 1 aromatic rings. The predicted octanol–water partition coefficient (Wildman–Crippen LogP) is 1.99. The van der Waals surface area contributed by atoms with Gasteiger partial charge < -0.3 is 14.4 Å². The number of β-amino-alcohol motifs (C(OH)–C–C–N with tert-alkyl or cyclic N) is 1. The van der Waals surface area contributed by atoms with Crippen LogP contribution in [0, 0.1) is 5.92 Å². The molecule has 1 saturated heterocycles. The Hall–Kier alpha value is -0.560. The van der Waals surface area contributed by atoms with Gasteiger partial charge in [-0.2, -0.15) is 0 Å². The van der Waals surface area contributed by atoms with Crippen LogP contribution in [0.5, 0.6) is 0 Å². The smallest absolute Gasteiger partial charge is 0.289 e. The molecular weight excluding hydrogens is 360 g/mol. The van der Waals surface area contributed by atoms with Crippen molar-refractivity contribution < 1.29 is 14.3 Å². The lowest BCUT2D eigenvalue weighted by molar-refractivity contribution is 0.0467. The Morgan fingerprint density at radius 2 is 2.00 bits per heavy atom. The number of halogens is 2. The van der Waals surface area contributed by atoms with Gasteiger partial charge in [0.1, 0.15) is 0 Å². The summed E-state index contributed by atoms with van der Waals surface area (Å²) in [5.74, 6) is 0.830. The molecule has 2 fully saturated rings. The van der Waals surface area contributed by atoms with Gasteiger partial charge in [-0.25, -0.2) is 0 Å². The molecule has 2 heterocycles. The third-order valence-corrected chi connectivity index (χ3v) is 4.48. The van der Waals surface area contributed by atoms with E-state index >= 15 is 0 Å². The van der Waals surface area contributed by atoms with Crippen LogP contribution in [0.25, 0.3) is 0 Å². The Morgan fingerprint density at radius 3 is 2.52 bits per heavy atom. The summed E-state index contributed by atoms with van der Waals surface area (Å²) in [6.07, 6.45) is 2.12. The van der Waals surface area contributed by atoms with Crippen molar-refractivity contribution in [3.8, 4) is 0 Å². The van der Waals surface area contributed by atoms with Gasteiger partial charge >= 0.3 is 0 Å². The quantitative estimate of drug-likeness (QED) is 0.869. The first-order valence-corrected chi connectivity index (χ1v) is 7.88. The number of furan rings is 1. The van der Waals surface area contributed by atoms with Crippen LogP contribution in [0.3, 0.4) is 0 Å². The molecule has 1 amide bonds. The molecule has 0 radical (unpaired) electrons. The van der Waals surface area contributed by atoms with Crippen molar-refractivity contribution in [2.45, 2.75) is 18.9 Å². The molecule has 0 aromatic carbocycles. The molecule has 0 spiro atoms. The highest BCUT2D eigenvalue weighted by Crippen LogP contribution is 2.32. The fourth-order valence-corrected chi connectivity index (χ4v) is 2.92. The van der Waals surface area contributed by atoms with Gasteiger partial charge in [-0.05, 0) is 46.8 Å². The summed E-state index contributed by atoms with van der Waals surface area (Å²) in [6.45, 7) is 3.75. The van der Waals surface area contributed by atoms with Crippen LogP contribution in [0.1, 0.15) is 23.4 Å². The summed E-state index contributed by atoms with van der Waals surface area (Å²) in [5.41, 5.74) is 0. The second-order valence-corrected chi connectivity index (χ2v) is 6.38. The van der Waals surface area contributed by atoms with Crippen molar-refractivity contribution in [1.29, 1.82) is 0 Å². The molecule has 2 aliphatic rings. The molecule has 3 rings (SSSR count). The third kappa shape index (κ3) is 4.22. The summed E-state index contributed by atoms with van der Waals surface area (Å²) >= 11 is 3.21. The second kappa shape index (κ2) is 7.13. The monoisotopic (exact) mass is 378 g/mol. The Bertz CT molecular complexity index is 484. The van der Waals surface area contributed by atoms with E-state index in [4.69, 9.17) is 4.42 Å². The molecular formula is C14H20BrClN2O3. The van der Waals surface area contributed by atoms with Gasteiger partial charge in [0.15, 0.2) is 10.4 Å². The van der Waals surface area contributed by atoms with E-state index in [1.54, 1.807) is 12.1 Å². The van der Waals surface area contributed by atoms with Gasteiger partial charge in [0.25, 0.3) is 5.91 Å². The molecule has 1 N–H and O–H groups in total. The summed E-state index contributed by atoms with van der Waals surface area (Å²) < 4.78 is 5.88. The topological polar surface area (TPSA) is 56.9 Å². The minimum Gasteiger partial charge on any atom is -0.444 e. The molecule has 1 unspecified atom stereocenters. The Kier molecular flexibility index (Phi) is 5.71. The van der Waals surface area contributed by atoms with Gasteiger partial charge in [0.2, 0.25) is 0 Å². The average molecular weight is 380 g/mol. The van der Waals surface area contributed by atoms with Gasteiger partial charge in [0, 0.05) is 32.7 Å². The van der Waals surface area contributed by atoms with Crippen molar-refractivity contribution in [3.63, 3.8) is 0 Å². The van der Waals surface area contributed by atoms with E-state index in [0.717, 1.165) is 32.5 Å². The SMILES string of the molecule is Cl.O=C(c1ccc(Br)o1)N1CCN(CC(O)C2CC2)CC1. The third-order valence-electron chi connectivity index (χ3n) is 4.05. The fraction of sp³-hybridized carbons (Fsp3) is 0.643. The number of carbonyl (C=O) groups excluding carboxylic acids is 1. The van der Waals surface area contributed by atoms with E-state index in [1.165, 1.54) is 0 Å². The van der Waals surface area contributed by atoms with E-state index < -0.39 is 0 Å². The number of hydrogen-bond donors (Lipinski definition) is 1. The molecule has 21 heavy (non-hydrogen) atoms. The highest BCUT2D eigenvalue weighted by atomic mass is 79.9. The van der Waals surface area contributed by atoms with Crippen LogP contribution >= 0.6 is 28.3 Å². The molecule has 1 aliphatic heterocycles. The van der Waals surface area contributed by atoms with Crippen LogP contribution in [0.15, 0.2) is 21.2 Å². The van der Waals surface area contributed by atoms with Gasteiger partial charge in [0.05, 0.1) is 6.10 Å². The Balaban J connectivity index is 0.00000161. The number of carbonyl (C=O) groups is 1. The fourth-order valence-electron chi connectivity index (χ4n) is 2.61.